The molecule has 0 saturated carbocycles. The highest BCUT2D eigenvalue weighted by molar-refractivity contribution is 7.86. The Hall–Kier alpha value is -1.15. The minimum absolute atomic E-state index is 0.0886. The third-order valence-corrected chi connectivity index (χ3v) is 7.13. The first-order valence-electron chi connectivity index (χ1n) is 8.69. The summed E-state index contributed by atoms with van der Waals surface area (Å²) >= 11 is 0. The van der Waals surface area contributed by atoms with Crippen LogP contribution >= 0.6 is 0 Å². The molecule has 2 aliphatic rings. The standard InChI is InChI=1S/C17H27N3O3S/c1-3-18-10-12-19(13-11-18)24(21,22)20-9-5-8-17(20)15-6-4-7-16(14-15)23-2/h4,6-7,14,17H,3,5,8-13H2,1-2H3/t17-/m1/s1. The Morgan fingerprint density at radius 2 is 1.92 bits per heavy atom. The number of likely N-dealkylation sites (N-methyl/N-ethyl adjacent to an activating group) is 1. The topological polar surface area (TPSA) is 53.1 Å². The summed E-state index contributed by atoms with van der Waals surface area (Å²) in [6.07, 6.45) is 1.76. The predicted octanol–water partition coefficient (Wildman–Crippen LogP) is 1.71. The van der Waals surface area contributed by atoms with E-state index >= 15 is 0 Å². The Kier molecular flexibility index (Phi) is 5.44. The van der Waals surface area contributed by atoms with Crippen LogP contribution in [0.1, 0.15) is 31.4 Å². The first kappa shape index (κ1) is 17.7. The van der Waals surface area contributed by atoms with Gasteiger partial charge >= 0.3 is 0 Å². The van der Waals surface area contributed by atoms with Crippen LogP contribution in [0.4, 0.5) is 0 Å². The second kappa shape index (κ2) is 7.39. The van der Waals surface area contributed by atoms with Gasteiger partial charge in [-0.2, -0.15) is 17.0 Å². The molecule has 2 fully saturated rings. The first-order chi connectivity index (χ1) is 11.6. The molecule has 24 heavy (non-hydrogen) atoms. The van der Waals surface area contributed by atoms with E-state index in [1.165, 1.54) is 0 Å². The van der Waals surface area contributed by atoms with Crippen molar-refractivity contribution in [3.05, 3.63) is 29.8 Å². The van der Waals surface area contributed by atoms with Crippen LogP contribution in [0.5, 0.6) is 5.75 Å². The number of nitrogens with zero attached hydrogens (tertiary/aromatic N) is 3. The largest absolute Gasteiger partial charge is 0.497 e. The van der Waals surface area contributed by atoms with Gasteiger partial charge in [-0.15, -0.1) is 0 Å². The molecule has 0 unspecified atom stereocenters. The second-order valence-corrected chi connectivity index (χ2v) is 8.27. The normalized spacial score (nSPS) is 24.3. The van der Waals surface area contributed by atoms with E-state index in [1.54, 1.807) is 15.7 Å². The molecule has 0 N–H and O–H groups in total. The van der Waals surface area contributed by atoms with Crippen molar-refractivity contribution >= 4 is 10.2 Å². The molecule has 1 aromatic rings. The predicted molar refractivity (Wildman–Crippen MR) is 94.3 cm³/mol. The fourth-order valence-corrected chi connectivity index (χ4v) is 5.45. The van der Waals surface area contributed by atoms with E-state index < -0.39 is 10.2 Å². The molecule has 134 valence electrons. The SMILES string of the molecule is CCN1CCN(S(=O)(=O)N2CCC[C@@H]2c2cccc(OC)c2)CC1. The molecule has 0 aliphatic carbocycles. The van der Waals surface area contributed by atoms with Crippen molar-refractivity contribution in [1.29, 1.82) is 0 Å². The van der Waals surface area contributed by atoms with Gasteiger partial charge in [-0.1, -0.05) is 19.1 Å². The van der Waals surface area contributed by atoms with Crippen LogP contribution < -0.4 is 4.74 Å². The van der Waals surface area contributed by atoms with Gasteiger partial charge in [-0.3, -0.25) is 0 Å². The summed E-state index contributed by atoms with van der Waals surface area (Å²) in [5.41, 5.74) is 1.02. The smallest absolute Gasteiger partial charge is 0.282 e. The van der Waals surface area contributed by atoms with E-state index in [1.807, 2.05) is 24.3 Å². The summed E-state index contributed by atoms with van der Waals surface area (Å²) in [7, 11) is -1.78. The van der Waals surface area contributed by atoms with E-state index in [9.17, 15) is 8.42 Å². The minimum atomic E-state index is -3.41. The van der Waals surface area contributed by atoms with Gasteiger partial charge in [0, 0.05) is 32.7 Å². The molecule has 2 heterocycles. The summed E-state index contributed by atoms with van der Waals surface area (Å²) in [5.74, 6) is 0.772. The Bertz CT molecular complexity index is 657. The molecule has 0 aromatic heterocycles. The Balaban J connectivity index is 1.79. The fraction of sp³-hybridized carbons (Fsp3) is 0.647. The van der Waals surface area contributed by atoms with Gasteiger partial charge in [0.25, 0.3) is 10.2 Å². The Labute approximate surface area is 145 Å². The van der Waals surface area contributed by atoms with Gasteiger partial charge in [-0.25, -0.2) is 0 Å². The number of methoxy groups -OCH3 is 1. The molecule has 0 amide bonds. The molecular weight excluding hydrogens is 326 g/mol. The van der Waals surface area contributed by atoms with Crippen molar-refractivity contribution in [3.63, 3.8) is 0 Å². The molecular formula is C17H27N3O3S. The lowest BCUT2D eigenvalue weighted by molar-refractivity contribution is 0.187. The van der Waals surface area contributed by atoms with Crippen LogP contribution in [-0.2, 0) is 10.2 Å². The quantitative estimate of drug-likeness (QED) is 0.809. The van der Waals surface area contributed by atoms with Crippen molar-refractivity contribution in [1.82, 2.24) is 13.5 Å². The average molecular weight is 353 g/mol. The number of hydrogen-bond donors (Lipinski definition) is 0. The van der Waals surface area contributed by atoms with E-state index in [0.717, 1.165) is 43.8 Å². The van der Waals surface area contributed by atoms with E-state index in [-0.39, 0.29) is 6.04 Å². The van der Waals surface area contributed by atoms with Gasteiger partial charge < -0.3 is 9.64 Å². The van der Waals surface area contributed by atoms with Crippen molar-refractivity contribution in [3.8, 4) is 5.75 Å². The second-order valence-electron chi connectivity index (χ2n) is 6.39. The van der Waals surface area contributed by atoms with Crippen LogP contribution in [-0.4, -0.2) is 68.3 Å². The molecule has 0 bridgehead atoms. The summed E-state index contributed by atoms with van der Waals surface area (Å²) < 4.78 is 34.9. The maximum Gasteiger partial charge on any atom is 0.282 e. The number of hydrogen-bond acceptors (Lipinski definition) is 4. The highest BCUT2D eigenvalue weighted by atomic mass is 32.2. The summed E-state index contributed by atoms with van der Waals surface area (Å²) in [6.45, 7) is 6.47. The lowest BCUT2D eigenvalue weighted by Gasteiger charge is -2.36. The van der Waals surface area contributed by atoms with Gasteiger partial charge in [0.05, 0.1) is 13.2 Å². The molecule has 7 heteroatoms. The minimum Gasteiger partial charge on any atom is -0.497 e. The van der Waals surface area contributed by atoms with Crippen LogP contribution in [0.15, 0.2) is 24.3 Å². The zero-order chi connectivity index (χ0) is 17.2. The van der Waals surface area contributed by atoms with Crippen molar-refractivity contribution in [2.75, 3.05) is 46.4 Å². The lowest BCUT2D eigenvalue weighted by Crippen LogP contribution is -2.52. The van der Waals surface area contributed by atoms with Crippen LogP contribution in [0.2, 0.25) is 0 Å². The maximum atomic E-state index is 13.1. The number of rotatable bonds is 5. The molecule has 1 atom stereocenters. The highest BCUT2D eigenvalue weighted by Crippen LogP contribution is 2.36. The monoisotopic (exact) mass is 353 g/mol. The molecule has 0 spiro atoms. The molecule has 6 nitrogen and oxygen atoms in total. The molecule has 0 radical (unpaired) electrons. The van der Waals surface area contributed by atoms with Gasteiger partial charge in [0.1, 0.15) is 5.75 Å². The zero-order valence-corrected chi connectivity index (χ0v) is 15.3. The molecule has 2 aliphatic heterocycles. The fourth-order valence-electron chi connectivity index (χ4n) is 3.62. The lowest BCUT2D eigenvalue weighted by atomic mass is 10.1. The Morgan fingerprint density at radius 1 is 1.17 bits per heavy atom. The average Bonchev–Trinajstić information content (AvgIpc) is 3.12. The van der Waals surface area contributed by atoms with Crippen LogP contribution in [0.3, 0.4) is 0 Å². The molecule has 1 aromatic carbocycles. The van der Waals surface area contributed by atoms with Crippen molar-refractivity contribution in [2.24, 2.45) is 0 Å². The number of benzene rings is 1. The number of piperazine rings is 1. The first-order valence-corrected chi connectivity index (χ1v) is 10.1. The van der Waals surface area contributed by atoms with E-state index in [2.05, 4.69) is 11.8 Å². The van der Waals surface area contributed by atoms with Gasteiger partial charge in [0.15, 0.2) is 0 Å². The van der Waals surface area contributed by atoms with E-state index in [4.69, 9.17) is 4.74 Å². The van der Waals surface area contributed by atoms with Gasteiger partial charge in [0.2, 0.25) is 0 Å². The summed E-state index contributed by atoms with van der Waals surface area (Å²) in [5, 5.41) is 0. The van der Waals surface area contributed by atoms with Crippen LogP contribution in [0.25, 0.3) is 0 Å². The highest BCUT2D eigenvalue weighted by Gasteiger charge is 2.39. The zero-order valence-electron chi connectivity index (χ0n) is 14.5. The maximum absolute atomic E-state index is 13.1. The van der Waals surface area contributed by atoms with E-state index in [0.29, 0.717) is 19.6 Å². The molecule has 3 rings (SSSR count). The third-order valence-electron chi connectivity index (χ3n) is 5.08. The van der Waals surface area contributed by atoms with Gasteiger partial charge in [-0.05, 0) is 37.1 Å². The Morgan fingerprint density at radius 3 is 2.58 bits per heavy atom. The number of ether oxygens (including phenoxy) is 1. The van der Waals surface area contributed by atoms with Crippen LogP contribution in [0, 0.1) is 0 Å². The summed E-state index contributed by atoms with van der Waals surface area (Å²) in [6, 6.07) is 7.68. The van der Waals surface area contributed by atoms with Crippen molar-refractivity contribution in [2.45, 2.75) is 25.8 Å². The third kappa shape index (κ3) is 3.44. The summed E-state index contributed by atoms with van der Waals surface area (Å²) in [4.78, 5) is 2.29. The van der Waals surface area contributed by atoms with Crippen molar-refractivity contribution < 1.29 is 13.2 Å². The molecule has 2 saturated heterocycles.